The van der Waals surface area contributed by atoms with Gasteiger partial charge in [0.1, 0.15) is 0 Å². The fraction of sp³-hybridized carbons (Fsp3) is 0.400. The number of nitrogens with one attached hydrogen (secondary N) is 1. The van der Waals surface area contributed by atoms with Gasteiger partial charge in [0.25, 0.3) is 0 Å². The molecule has 2 aromatic rings. The number of hydrogen-bond acceptors (Lipinski definition) is 1. The van der Waals surface area contributed by atoms with Gasteiger partial charge < -0.3 is 5.32 Å². The normalized spacial score (nSPS) is 23.1. The average Bonchev–Trinajstić information content (AvgIpc) is 2.96. The van der Waals surface area contributed by atoms with Crippen LogP contribution in [0, 0.1) is 5.92 Å². The van der Waals surface area contributed by atoms with Crippen molar-refractivity contribution in [1.82, 2.24) is 5.32 Å². The first-order valence-corrected chi connectivity index (χ1v) is 8.18. The summed E-state index contributed by atoms with van der Waals surface area (Å²) >= 11 is 0. The predicted molar refractivity (Wildman–Crippen MR) is 89.3 cm³/mol. The first kappa shape index (κ1) is 14.3. The number of benzene rings is 2. The van der Waals surface area contributed by atoms with Crippen LogP contribution < -0.4 is 5.32 Å². The topological polar surface area (TPSA) is 12.0 Å². The lowest BCUT2D eigenvalue weighted by Gasteiger charge is -2.25. The van der Waals surface area contributed by atoms with Gasteiger partial charge in [-0.3, -0.25) is 0 Å². The third-order valence-electron chi connectivity index (χ3n) is 4.76. The van der Waals surface area contributed by atoms with Gasteiger partial charge >= 0.3 is 0 Å². The molecule has 3 atom stereocenters. The first-order valence-electron chi connectivity index (χ1n) is 8.18. The number of hydrogen-bond donors (Lipinski definition) is 1. The molecule has 1 heteroatoms. The minimum atomic E-state index is 0.438. The minimum absolute atomic E-state index is 0.438. The monoisotopic (exact) mass is 279 g/mol. The Morgan fingerprint density at radius 2 is 1.62 bits per heavy atom. The summed E-state index contributed by atoms with van der Waals surface area (Å²) in [7, 11) is 0. The van der Waals surface area contributed by atoms with E-state index in [1.54, 1.807) is 0 Å². The van der Waals surface area contributed by atoms with E-state index in [2.05, 4.69) is 72.9 Å². The van der Waals surface area contributed by atoms with Gasteiger partial charge in [-0.1, -0.05) is 67.1 Å². The molecule has 0 aromatic heterocycles. The zero-order valence-corrected chi connectivity index (χ0v) is 12.8. The van der Waals surface area contributed by atoms with Gasteiger partial charge in [-0.05, 0) is 43.2 Å². The maximum Gasteiger partial charge on any atom is 0.0294 e. The second-order valence-corrected chi connectivity index (χ2v) is 6.29. The van der Waals surface area contributed by atoms with Crippen molar-refractivity contribution < 1.29 is 0 Å². The molecule has 0 amide bonds. The Kier molecular flexibility index (Phi) is 4.72. The van der Waals surface area contributed by atoms with Crippen LogP contribution in [-0.4, -0.2) is 6.04 Å². The molecule has 1 saturated carbocycles. The molecule has 110 valence electrons. The highest BCUT2D eigenvalue weighted by molar-refractivity contribution is 5.19. The molecule has 0 radical (unpaired) electrons. The van der Waals surface area contributed by atoms with Crippen molar-refractivity contribution in [3.05, 3.63) is 71.8 Å². The van der Waals surface area contributed by atoms with Crippen molar-refractivity contribution in [2.24, 2.45) is 5.92 Å². The summed E-state index contributed by atoms with van der Waals surface area (Å²) < 4.78 is 0. The Balaban J connectivity index is 1.62. The van der Waals surface area contributed by atoms with Gasteiger partial charge in [-0.2, -0.15) is 0 Å². The fourth-order valence-electron chi connectivity index (χ4n) is 3.58. The van der Waals surface area contributed by atoms with Crippen molar-refractivity contribution >= 4 is 0 Å². The molecule has 0 aliphatic heterocycles. The second kappa shape index (κ2) is 6.91. The van der Waals surface area contributed by atoms with Gasteiger partial charge in [0, 0.05) is 12.1 Å². The van der Waals surface area contributed by atoms with E-state index in [1.807, 2.05) is 0 Å². The summed E-state index contributed by atoms with van der Waals surface area (Å²) in [5.41, 5.74) is 2.87. The third kappa shape index (κ3) is 3.74. The zero-order valence-electron chi connectivity index (χ0n) is 12.8. The summed E-state index contributed by atoms with van der Waals surface area (Å²) in [5.74, 6) is 0.776. The standard InChI is InChI=1S/C20H25N/c1-16(18-11-6-3-7-12-18)21-20-14-8-13-19(20)15-17-9-4-2-5-10-17/h2-7,9-12,16,19-21H,8,13-15H2,1H3/t16?,19-,20-/m1/s1. The van der Waals surface area contributed by atoms with Crippen molar-refractivity contribution in [2.75, 3.05) is 0 Å². The van der Waals surface area contributed by atoms with Crippen LogP contribution in [0.5, 0.6) is 0 Å². The molecule has 0 spiro atoms. The SMILES string of the molecule is CC(N[C@@H]1CCC[C@@H]1Cc1ccccc1)c1ccccc1. The summed E-state index contributed by atoms with van der Waals surface area (Å²) in [6.07, 6.45) is 5.24. The van der Waals surface area contributed by atoms with Crippen molar-refractivity contribution in [3.8, 4) is 0 Å². The van der Waals surface area contributed by atoms with Gasteiger partial charge in [0.2, 0.25) is 0 Å². The van der Waals surface area contributed by atoms with E-state index in [1.165, 1.54) is 36.8 Å². The maximum absolute atomic E-state index is 3.87. The Labute approximate surface area is 128 Å². The van der Waals surface area contributed by atoms with Crippen molar-refractivity contribution in [3.63, 3.8) is 0 Å². The highest BCUT2D eigenvalue weighted by Gasteiger charge is 2.28. The van der Waals surface area contributed by atoms with Gasteiger partial charge in [-0.15, -0.1) is 0 Å². The number of rotatable bonds is 5. The quantitative estimate of drug-likeness (QED) is 0.833. The third-order valence-corrected chi connectivity index (χ3v) is 4.76. The summed E-state index contributed by atoms with van der Waals surface area (Å²) in [6.45, 7) is 2.28. The van der Waals surface area contributed by atoms with Gasteiger partial charge in [0.15, 0.2) is 0 Å². The highest BCUT2D eigenvalue weighted by Crippen LogP contribution is 2.30. The van der Waals surface area contributed by atoms with E-state index < -0.39 is 0 Å². The molecule has 2 aromatic carbocycles. The molecule has 3 rings (SSSR count). The lowest BCUT2D eigenvalue weighted by atomic mass is 9.93. The summed E-state index contributed by atoms with van der Waals surface area (Å²) in [5, 5.41) is 3.87. The molecule has 0 heterocycles. The molecule has 1 N–H and O–H groups in total. The van der Waals surface area contributed by atoms with Crippen LogP contribution >= 0.6 is 0 Å². The fourth-order valence-corrected chi connectivity index (χ4v) is 3.58. The van der Waals surface area contributed by atoms with Crippen LogP contribution in [0.4, 0.5) is 0 Å². The molecular formula is C20H25N. The van der Waals surface area contributed by atoms with Crippen LogP contribution in [0.25, 0.3) is 0 Å². The van der Waals surface area contributed by atoms with Gasteiger partial charge in [-0.25, -0.2) is 0 Å². The smallest absolute Gasteiger partial charge is 0.0294 e. The molecule has 1 aliphatic carbocycles. The van der Waals surface area contributed by atoms with Crippen molar-refractivity contribution in [1.29, 1.82) is 0 Å². The van der Waals surface area contributed by atoms with Gasteiger partial charge in [0.05, 0.1) is 0 Å². The van der Waals surface area contributed by atoms with Crippen LogP contribution in [-0.2, 0) is 6.42 Å². The zero-order chi connectivity index (χ0) is 14.5. The van der Waals surface area contributed by atoms with E-state index in [-0.39, 0.29) is 0 Å². The molecule has 1 aliphatic rings. The van der Waals surface area contributed by atoms with Crippen LogP contribution in [0.3, 0.4) is 0 Å². The lowest BCUT2D eigenvalue weighted by molar-refractivity contribution is 0.366. The molecule has 21 heavy (non-hydrogen) atoms. The summed E-state index contributed by atoms with van der Waals surface area (Å²) in [6, 6.07) is 22.8. The molecule has 1 fully saturated rings. The van der Waals surface area contributed by atoms with E-state index in [0.29, 0.717) is 12.1 Å². The Bertz CT molecular complexity index is 534. The lowest BCUT2D eigenvalue weighted by Crippen LogP contribution is -2.35. The van der Waals surface area contributed by atoms with Crippen molar-refractivity contribution in [2.45, 2.75) is 44.7 Å². The van der Waals surface area contributed by atoms with E-state index in [4.69, 9.17) is 0 Å². The molecule has 0 bridgehead atoms. The first-order chi connectivity index (χ1) is 10.3. The second-order valence-electron chi connectivity index (χ2n) is 6.29. The Hall–Kier alpha value is -1.60. The molecular weight excluding hydrogens is 254 g/mol. The largest absolute Gasteiger partial charge is 0.307 e. The molecule has 1 nitrogen and oxygen atoms in total. The van der Waals surface area contributed by atoms with Crippen LogP contribution in [0.15, 0.2) is 60.7 Å². The van der Waals surface area contributed by atoms with E-state index in [0.717, 1.165) is 5.92 Å². The average molecular weight is 279 g/mol. The van der Waals surface area contributed by atoms with Crippen LogP contribution in [0.2, 0.25) is 0 Å². The summed E-state index contributed by atoms with van der Waals surface area (Å²) in [4.78, 5) is 0. The Morgan fingerprint density at radius 1 is 0.952 bits per heavy atom. The Morgan fingerprint density at radius 3 is 2.33 bits per heavy atom. The van der Waals surface area contributed by atoms with E-state index in [9.17, 15) is 0 Å². The molecule has 0 saturated heterocycles. The highest BCUT2D eigenvalue weighted by atomic mass is 15.0. The van der Waals surface area contributed by atoms with E-state index >= 15 is 0 Å². The predicted octanol–water partition coefficient (Wildman–Crippen LogP) is 4.75. The minimum Gasteiger partial charge on any atom is -0.307 e. The maximum atomic E-state index is 3.87. The molecule has 1 unspecified atom stereocenters. The van der Waals surface area contributed by atoms with Crippen LogP contribution in [0.1, 0.15) is 43.4 Å².